The number of carbonyl (C=O) groups is 2. The number of hydrogen-bond donors (Lipinski definition) is 3. The Morgan fingerprint density at radius 1 is 0.769 bits per heavy atom. The number of aliphatic carboxylic acids is 2. The van der Waals surface area contributed by atoms with Crippen LogP contribution in [-0.2, 0) is 19.7 Å². The molecule has 0 rings (SSSR count). The average Bonchev–Trinajstić information content (AvgIpc) is 2.50. The van der Waals surface area contributed by atoms with Gasteiger partial charge in [0.15, 0.2) is 5.25 Å². The molecule has 26 heavy (non-hydrogen) atoms. The minimum absolute atomic E-state index is 0. The molecule has 0 aliphatic carbocycles. The zero-order chi connectivity index (χ0) is 19.7. The molecule has 3 N–H and O–H groups in total. The molecule has 0 fully saturated rings. The maximum atomic E-state index is 10.2. The van der Waals surface area contributed by atoms with E-state index >= 15 is 0 Å². The molecule has 152 valence electrons. The second-order valence-electron chi connectivity index (χ2n) is 6.12. The van der Waals surface area contributed by atoms with Gasteiger partial charge in [0.25, 0.3) is 10.1 Å². The van der Waals surface area contributed by atoms with Crippen LogP contribution < -0.4 is 0 Å². The predicted molar refractivity (Wildman–Crippen MR) is 105 cm³/mol. The van der Waals surface area contributed by atoms with Crippen molar-refractivity contribution in [2.45, 2.75) is 96.1 Å². The van der Waals surface area contributed by atoms with E-state index in [4.69, 9.17) is 14.8 Å². The van der Waals surface area contributed by atoms with Gasteiger partial charge in [0.05, 0.1) is 6.42 Å². The summed E-state index contributed by atoms with van der Waals surface area (Å²) in [4.78, 5) is 20.0. The standard InChI is InChI=1S/C13H28.C4H6O7S.Na.H/c1-3-5-7-9-11-13-12-10-8-6-4-2;5-3(6)1-2(4(7)8)12(9,10)11;;/h3-13H2,1-2H3;2H,1H2,(H,5,6)(H,7,8)(H,9,10,11);;. The Labute approximate surface area is 180 Å². The number of rotatable bonds is 14. The van der Waals surface area contributed by atoms with Gasteiger partial charge in [0, 0.05) is 0 Å². The first-order valence-electron chi connectivity index (χ1n) is 9.07. The number of carboxylic acid groups (broad SMARTS) is 2. The van der Waals surface area contributed by atoms with E-state index in [9.17, 15) is 18.0 Å². The molecule has 0 aliphatic heterocycles. The maximum absolute atomic E-state index is 10.2. The molecule has 0 spiro atoms. The van der Waals surface area contributed by atoms with Crippen molar-refractivity contribution in [2.24, 2.45) is 0 Å². The summed E-state index contributed by atoms with van der Waals surface area (Å²) in [5.41, 5.74) is 0. The molecule has 1 unspecified atom stereocenters. The summed E-state index contributed by atoms with van der Waals surface area (Å²) in [7, 11) is -4.84. The molecule has 7 nitrogen and oxygen atoms in total. The van der Waals surface area contributed by atoms with Crippen LogP contribution in [0.3, 0.4) is 0 Å². The van der Waals surface area contributed by atoms with Crippen LogP contribution in [0.5, 0.6) is 0 Å². The molecule has 9 heteroatoms. The van der Waals surface area contributed by atoms with Gasteiger partial charge in [-0.05, 0) is 0 Å². The Morgan fingerprint density at radius 3 is 1.23 bits per heavy atom. The Bertz CT molecular complexity index is 442. The summed E-state index contributed by atoms with van der Waals surface area (Å²) in [6, 6.07) is 0. The Balaban J connectivity index is -0.000000393. The molecular formula is C17H35NaO7S. The molecule has 0 amide bonds. The monoisotopic (exact) mass is 406 g/mol. The van der Waals surface area contributed by atoms with E-state index in [0.717, 1.165) is 0 Å². The van der Waals surface area contributed by atoms with E-state index in [2.05, 4.69) is 13.8 Å². The van der Waals surface area contributed by atoms with Crippen molar-refractivity contribution in [1.29, 1.82) is 0 Å². The van der Waals surface area contributed by atoms with Gasteiger partial charge >= 0.3 is 41.5 Å². The third-order valence-corrected chi connectivity index (χ3v) is 4.79. The molecule has 0 aromatic heterocycles. The summed E-state index contributed by atoms with van der Waals surface area (Å²) in [5.74, 6) is -3.50. The number of hydrogen-bond acceptors (Lipinski definition) is 4. The van der Waals surface area contributed by atoms with E-state index in [1.54, 1.807) is 0 Å². The second-order valence-corrected chi connectivity index (χ2v) is 7.72. The summed E-state index contributed by atoms with van der Waals surface area (Å²) < 4.78 is 28.7. The van der Waals surface area contributed by atoms with Crippen molar-refractivity contribution in [3.63, 3.8) is 0 Å². The normalized spacial score (nSPS) is 11.7. The quantitative estimate of drug-likeness (QED) is 0.229. The second kappa shape index (κ2) is 19.6. The third-order valence-electron chi connectivity index (χ3n) is 3.70. The van der Waals surface area contributed by atoms with Crippen molar-refractivity contribution >= 4 is 51.6 Å². The predicted octanol–water partition coefficient (Wildman–Crippen LogP) is 3.47. The summed E-state index contributed by atoms with van der Waals surface area (Å²) >= 11 is 0. The van der Waals surface area contributed by atoms with Gasteiger partial charge in [0.1, 0.15) is 0 Å². The van der Waals surface area contributed by atoms with Crippen LogP contribution in [0.15, 0.2) is 0 Å². The average molecular weight is 407 g/mol. The van der Waals surface area contributed by atoms with Gasteiger partial charge in [-0.2, -0.15) is 8.42 Å². The van der Waals surface area contributed by atoms with Crippen molar-refractivity contribution in [1.82, 2.24) is 0 Å². The van der Waals surface area contributed by atoms with Crippen LogP contribution in [0.25, 0.3) is 0 Å². The Hall–Kier alpha value is -0.150. The summed E-state index contributed by atoms with van der Waals surface area (Å²) in [6.45, 7) is 4.56. The first-order valence-corrected chi connectivity index (χ1v) is 10.6. The van der Waals surface area contributed by atoms with E-state index in [1.165, 1.54) is 70.6 Å². The van der Waals surface area contributed by atoms with E-state index < -0.39 is 33.7 Å². The fraction of sp³-hybridized carbons (Fsp3) is 0.882. The van der Waals surface area contributed by atoms with Crippen molar-refractivity contribution in [3.8, 4) is 0 Å². The fourth-order valence-corrected chi connectivity index (χ4v) is 2.82. The summed E-state index contributed by atoms with van der Waals surface area (Å²) in [5, 5.41) is 13.9. The molecule has 0 aliphatic rings. The van der Waals surface area contributed by atoms with Crippen LogP contribution in [-0.4, -0.2) is 69.9 Å². The van der Waals surface area contributed by atoms with E-state index in [-0.39, 0.29) is 29.6 Å². The van der Waals surface area contributed by atoms with E-state index in [1.807, 2.05) is 0 Å². The molecule has 1 atom stereocenters. The molecule has 0 bridgehead atoms. The minimum atomic E-state index is -4.84. The number of unbranched alkanes of at least 4 members (excludes halogenated alkanes) is 10. The van der Waals surface area contributed by atoms with Gasteiger partial charge in [-0.15, -0.1) is 0 Å². The van der Waals surface area contributed by atoms with Crippen LogP contribution in [0.1, 0.15) is 90.9 Å². The van der Waals surface area contributed by atoms with Gasteiger partial charge in [0.2, 0.25) is 0 Å². The summed E-state index contributed by atoms with van der Waals surface area (Å²) in [6.07, 6.45) is 14.8. The zero-order valence-electron chi connectivity index (χ0n) is 15.4. The molecular weight excluding hydrogens is 371 g/mol. The molecule has 0 saturated heterocycles. The van der Waals surface area contributed by atoms with Crippen LogP contribution >= 0.6 is 0 Å². The fourth-order valence-electron chi connectivity index (χ4n) is 2.22. The van der Waals surface area contributed by atoms with Crippen LogP contribution in [0, 0.1) is 0 Å². The van der Waals surface area contributed by atoms with Gasteiger partial charge in [-0.3, -0.25) is 14.1 Å². The molecule has 0 radical (unpaired) electrons. The molecule has 0 aromatic rings. The van der Waals surface area contributed by atoms with E-state index in [0.29, 0.717) is 0 Å². The van der Waals surface area contributed by atoms with Gasteiger partial charge in [-0.1, -0.05) is 84.5 Å². The third kappa shape index (κ3) is 21.9. The first-order chi connectivity index (χ1) is 11.7. The Morgan fingerprint density at radius 2 is 1.08 bits per heavy atom. The topological polar surface area (TPSA) is 129 Å². The zero-order valence-corrected chi connectivity index (χ0v) is 16.3. The molecule has 0 heterocycles. The van der Waals surface area contributed by atoms with Crippen molar-refractivity contribution < 1.29 is 32.8 Å². The van der Waals surface area contributed by atoms with Gasteiger partial charge < -0.3 is 10.2 Å². The molecule has 0 aromatic carbocycles. The van der Waals surface area contributed by atoms with Crippen molar-refractivity contribution in [2.75, 3.05) is 0 Å². The number of carboxylic acids is 2. The Kier molecular flexibility index (Phi) is 23.1. The van der Waals surface area contributed by atoms with Crippen LogP contribution in [0.4, 0.5) is 0 Å². The van der Waals surface area contributed by atoms with Crippen molar-refractivity contribution in [3.05, 3.63) is 0 Å². The van der Waals surface area contributed by atoms with Crippen LogP contribution in [0.2, 0.25) is 0 Å². The molecule has 0 saturated carbocycles. The van der Waals surface area contributed by atoms with Gasteiger partial charge in [-0.25, -0.2) is 0 Å². The SMILES string of the molecule is CCCCCCCCCCCCC.O=C(O)CC(C(=O)O)S(=O)(=O)O.[NaH]. The first kappa shape index (κ1) is 30.6.